The van der Waals surface area contributed by atoms with Crippen molar-refractivity contribution in [1.29, 1.82) is 0 Å². The smallest absolute Gasteiger partial charge is 0.254 e. The van der Waals surface area contributed by atoms with Crippen molar-refractivity contribution >= 4 is 5.91 Å². The fraction of sp³-hybridized carbons (Fsp3) is 0.538. The first-order chi connectivity index (χ1) is 7.99. The van der Waals surface area contributed by atoms with Gasteiger partial charge in [0, 0.05) is 37.5 Å². The Balaban J connectivity index is 2.25. The number of hydrogen-bond acceptors (Lipinski definition) is 2. The summed E-state index contributed by atoms with van der Waals surface area (Å²) in [5.41, 5.74) is 0.352. The lowest BCUT2D eigenvalue weighted by Gasteiger charge is -2.21. The highest BCUT2D eigenvalue weighted by Gasteiger charge is 2.30. The molecule has 0 saturated carbocycles. The summed E-state index contributed by atoms with van der Waals surface area (Å²) in [6, 6.07) is 3.39. The van der Waals surface area contributed by atoms with E-state index >= 15 is 0 Å². The molecule has 0 N–H and O–H groups in total. The summed E-state index contributed by atoms with van der Waals surface area (Å²) in [7, 11) is 1.68. The van der Waals surface area contributed by atoms with Crippen molar-refractivity contribution in [3.05, 3.63) is 34.2 Å². The van der Waals surface area contributed by atoms with Crippen LogP contribution in [-0.2, 0) is 7.05 Å². The number of aromatic nitrogens is 1. The number of aryl methyl sites for hydroxylation is 1. The molecule has 17 heavy (non-hydrogen) atoms. The van der Waals surface area contributed by atoms with E-state index in [1.807, 2.05) is 4.90 Å². The van der Waals surface area contributed by atoms with Crippen molar-refractivity contribution in [1.82, 2.24) is 9.47 Å². The molecule has 4 nitrogen and oxygen atoms in total. The molecule has 1 saturated heterocycles. The number of hydrogen-bond donors (Lipinski definition) is 0. The van der Waals surface area contributed by atoms with Crippen LogP contribution in [0.3, 0.4) is 0 Å². The fourth-order valence-electron chi connectivity index (χ4n) is 2.43. The van der Waals surface area contributed by atoms with Crippen LogP contribution in [0.1, 0.15) is 30.6 Å². The highest BCUT2D eigenvalue weighted by molar-refractivity contribution is 5.94. The number of rotatable bonds is 1. The van der Waals surface area contributed by atoms with Crippen molar-refractivity contribution in [3.63, 3.8) is 0 Å². The zero-order valence-corrected chi connectivity index (χ0v) is 10.5. The van der Waals surface area contributed by atoms with E-state index in [4.69, 9.17) is 0 Å². The molecule has 2 heterocycles. The molecule has 1 aliphatic rings. The average molecular weight is 234 g/mol. The molecule has 0 bridgehead atoms. The molecule has 4 heteroatoms. The van der Waals surface area contributed by atoms with Gasteiger partial charge in [-0.1, -0.05) is 6.92 Å². The molecule has 1 aromatic rings. The first kappa shape index (κ1) is 11.9. The van der Waals surface area contributed by atoms with Gasteiger partial charge in [-0.15, -0.1) is 0 Å². The molecule has 0 aliphatic carbocycles. The van der Waals surface area contributed by atoms with E-state index in [9.17, 15) is 9.59 Å². The minimum atomic E-state index is -0.143. The SMILES string of the molecule is CC1CC(C)N(C(=O)c2ccn(C)c(=O)c2)C1. The van der Waals surface area contributed by atoms with Gasteiger partial charge in [-0.3, -0.25) is 9.59 Å². The maximum absolute atomic E-state index is 12.2. The van der Waals surface area contributed by atoms with Gasteiger partial charge in [0.25, 0.3) is 11.5 Å². The van der Waals surface area contributed by atoms with Crippen LogP contribution in [-0.4, -0.2) is 28.0 Å². The van der Waals surface area contributed by atoms with Gasteiger partial charge in [0.05, 0.1) is 0 Å². The Bertz CT molecular complexity index is 492. The Morgan fingerprint density at radius 3 is 2.65 bits per heavy atom. The highest BCUT2D eigenvalue weighted by atomic mass is 16.2. The monoisotopic (exact) mass is 234 g/mol. The summed E-state index contributed by atoms with van der Waals surface area (Å²) in [5.74, 6) is 0.514. The molecule has 0 spiro atoms. The predicted octanol–water partition coefficient (Wildman–Crippen LogP) is 1.26. The fourth-order valence-corrected chi connectivity index (χ4v) is 2.43. The molecule has 92 valence electrons. The van der Waals surface area contributed by atoms with Gasteiger partial charge in [0.1, 0.15) is 0 Å². The molecule has 2 unspecified atom stereocenters. The maximum atomic E-state index is 12.2. The average Bonchev–Trinajstić information content (AvgIpc) is 2.61. The second kappa shape index (κ2) is 4.35. The molecule has 1 fully saturated rings. The molecule has 1 aliphatic heterocycles. The number of pyridine rings is 1. The first-order valence-corrected chi connectivity index (χ1v) is 5.96. The van der Waals surface area contributed by atoms with Crippen molar-refractivity contribution in [2.45, 2.75) is 26.3 Å². The maximum Gasteiger partial charge on any atom is 0.254 e. The number of carbonyl (C=O) groups is 1. The van der Waals surface area contributed by atoms with Crippen LogP contribution >= 0.6 is 0 Å². The lowest BCUT2D eigenvalue weighted by Crippen LogP contribution is -2.34. The molecule has 2 rings (SSSR count). The number of likely N-dealkylation sites (tertiary alicyclic amines) is 1. The lowest BCUT2D eigenvalue weighted by atomic mass is 10.1. The van der Waals surface area contributed by atoms with E-state index in [0.29, 0.717) is 11.5 Å². The van der Waals surface area contributed by atoms with Crippen LogP contribution in [0.15, 0.2) is 23.1 Å². The van der Waals surface area contributed by atoms with E-state index in [1.165, 1.54) is 10.6 Å². The zero-order valence-electron chi connectivity index (χ0n) is 10.5. The molecule has 0 radical (unpaired) electrons. The minimum absolute atomic E-state index is 0.0282. The lowest BCUT2D eigenvalue weighted by molar-refractivity contribution is 0.0743. The molecule has 2 atom stereocenters. The molecule has 1 amide bonds. The Labute approximate surface area is 101 Å². The van der Waals surface area contributed by atoms with Crippen LogP contribution in [0.5, 0.6) is 0 Å². The Morgan fingerprint density at radius 1 is 1.41 bits per heavy atom. The van der Waals surface area contributed by atoms with Crippen LogP contribution in [0.4, 0.5) is 0 Å². The van der Waals surface area contributed by atoms with Crippen LogP contribution in [0.2, 0.25) is 0 Å². The number of amides is 1. The normalized spacial score (nSPS) is 24.1. The summed E-state index contributed by atoms with van der Waals surface area (Å²) < 4.78 is 1.47. The van der Waals surface area contributed by atoms with Crippen molar-refractivity contribution in [2.75, 3.05) is 6.54 Å². The van der Waals surface area contributed by atoms with E-state index in [1.54, 1.807) is 19.3 Å². The third kappa shape index (κ3) is 2.25. The van der Waals surface area contributed by atoms with Crippen molar-refractivity contribution < 1.29 is 4.79 Å². The standard InChI is InChI=1S/C13H18N2O2/c1-9-6-10(2)15(8-9)13(17)11-4-5-14(3)12(16)7-11/h4-5,7,9-10H,6,8H2,1-3H3. The Morgan fingerprint density at radius 2 is 2.12 bits per heavy atom. The van der Waals surface area contributed by atoms with Gasteiger partial charge in [0.15, 0.2) is 0 Å². The number of nitrogens with zero attached hydrogens (tertiary/aromatic N) is 2. The van der Waals surface area contributed by atoms with Crippen LogP contribution in [0.25, 0.3) is 0 Å². The van der Waals surface area contributed by atoms with Crippen molar-refractivity contribution in [2.24, 2.45) is 13.0 Å². The number of carbonyl (C=O) groups excluding carboxylic acids is 1. The third-order valence-corrected chi connectivity index (χ3v) is 3.40. The molecule has 1 aromatic heterocycles. The van der Waals surface area contributed by atoms with Crippen molar-refractivity contribution in [3.8, 4) is 0 Å². The summed E-state index contributed by atoms with van der Waals surface area (Å²) in [6.07, 6.45) is 2.68. The van der Waals surface area contributed by atoms with E-state index in [-0.39, 0.29) is 17.5 Å². The Kier molecular flexibility index (Phi) is 3.05. The molecule has 0 aromatic carbocycles. The second-order valence-electron chi connectivity index (χ2n) is 5.01. The minimum Gasteiger partial charge on any atom is -0.336 e. The zero-order chi connectivity index (χ0) is 12.6. The van der Waals surface area contributed by atoms with Gasteiger partial charge in [-0.25, -0.2) is 0 Å². The quantitative estimate of drug-likeness (QED) is 0.734. The van der Waals surface area contributed by atoms with Crippen LogP contribution < -0.4 is 5.56 Å². The van der Waals surface area contributed by atoms with Gasteiger partial charge in [-0.2, -0.15) is 0 Å². The topological polar surface area (TPSA) is 42.3 Å². The van der Waals surface area contributed by atoms with E-state index in [0.717, 1.165) is 13.0 Å². The van der Waals surface area contributed by atoms with E-state index < -0.39 is 0 Å². The summed E-state index contributed by atoms with van der Waals surface area (Å²) in [4.78, 5) is 25.6. The predicted molar refractivity (Wildman–Crippen MR) is 66.0 cm³/mol. The highest BCUT2D eigenvalue weighted by Crippen LogP contribution is 2.23. The first-order valence-electron chi connectivity index (χ1n) is 5.96. The third-order valence-electron chi connectivity index (χ3n) is 3.40. The van der Waals surface area contributed by atoms with Gasteiger partial charge in [0.2, 0.25) is 0 Å². The molecular formula is C13H18N2O2. The second-order valence-corrected chi connectivity index (χ2v) is 5.01. The van der Waals surface area contributed by atoms with Gasteiger partial charge < -0.3 is 9.47 Å². The summed E-state index contributed by atoms with van der Waals surface area (Å²) >= 11 is 0. The Hall–Kier alpha value is -1.58. The van der Waals surface area contributed by atoms with Crippen LogP contribution in [0, 0.1) is 5.92 Å². The molecular weight excluding hydrogens is 216 g/mol. The van der Waals surface area contributed by atoms with E-state index in [2.05, 4.69) is 13.8 Å². The summed E-state index contributed by atoms with van der Waals surface area (Å²) in [6.45, 7) is 4.99. The summed E-state index contributed by atoms with van der Waals surface area (Å²) in [5, 5.41) is 0. The van der Waals surface area contributed by atoms with Gasteiger partial charge in [-0.05, 0) is 25.3 Å². The largest absolute Gasteiger partial charge is 0.336 e. The van der Waals surface area contributed by atoms with Gasteiger partial charge >= 0.3 is 0 Å².